The first kappa shape index (κ1) is 48.1. The molecule has 3 saturated heterocycles. The Hall–Kier alpha value is -5.39. The molecule has 3 aromatic carbocycles. The normalized spacial score (nSPS) is 21.6. The largest absolute Gasteiger partial charge is 0.469 e. The number of hydrogen-bond donors (Lipinski definition) is 0. The summed E-state index contributed by atoms with van der Waals surface area (Å²) < 4.78 is 24.0. The number of esters is 2. The number of methoxy groups -OCH3 is 2. The van der Waals surface area contributed by atoms with Gasteiger partial charge in [-0.25, -0.2) is 4.39 Å². The Morgan fingerprint density at radius 1 is 0.594 bits per heavy atom. The minimum atomic E-state index is -0.535. The fraction of sp³-hybridized carbons (Fsp3) is 0.538. The van der Waals surface area contributed by atoms with E-state index in [1.807, 2.05) is 52.0 Å². The molecule has 0 unspecified atom stereocenters. The van der Waals surface area contributed by atoms with Crippen molar-refractivity contribution in [2.75, 3.05) is 32.2 Å². The number of benzene rings is 3. The Kier molecular flexibility index (Phi) is 16.5. The lowest BCUT2D eigenvalue weighted by Crippen LogP contribution is -2.46. The molecule has 0 aromatic heterocycles. The number of likely N-dealkylation sites (tertiary alicyclic amines) is 2. The van der Waals surface area contributed by atoms with Gasteiger partial charge in [-0.15, -0.1) is 0 Å². The van der Waals surface area contributed by atoms with Gasteiger partial charge in [-0.1, -0.05) is 89.1 Å². The summed E-state index contributed by atoms with van der Waals surface area (Å²) in [4.78, 5) is 85.2. The number of amides is 2. The number of rotatable bonds is 19. The molecule has 8 atom stereocenters. The molecule has 0 spiro atoms. The van der Waals surface area contributed by atoms with Crippen LogP contribution in [0.4, 0.5) is 10.1 Å². The molecule has 0 radical (unpaired) electrons. The second kappa shape index (κ2) is 22.0. The van der Waals surface area contributed by atoms with Crippen LogP contribution in [-0.2, 0) is 51.1 Å². The molecule has 6 rings (SSSR count). The van der Waals surface area contributed by atoms with Gasteiger partial charge in [-0.05, 0) is 96.9 Å². The maximum Gasteiger partial charge on any atom is 0.306 e. The highest BCUT2D eigenvalue weighted by atomic mass is 19.1. The van der Waals surface area contributed by atoms with Gasteiger partial charge < -0.3 is 24.2 Å². The summed E-state index contributed by atoms with van der Waals surface area (Å²) in [6, 6.07) is 21.6. The van der Waals surface area contributed by atoms with Gasteiger partial charge in [0.05, 0.1) is 63.1 Å². The van der Waals surface area contributed by atoms with Crippen LogP contribution in [0.3, 0.4) is 0 Å². The van der Waals surface area contributed by atoms with Crippen LogP contribution in [0.1, 0.15) is 126 Å². The van der Waals surface area contributed by atoms with Crippen molar-refractivity contribution < 1.29 is 42.6 Å². The van der Waals surface area contributed by atoms with Gasteiger partial charge in [0.25, 0.3) is 0 Å². The highest BCUT2D eigenvalue weighted by Gasteiger charge is 2.41. The fourth-order valence-electron chi connectivity index (χ4n) is 10.1. The predicted octanol–water partition coefficient (Wildman–Crippen LogP) is 8.56. The second-order valence-corrected chi connectivity index (χ2v) is 18.2. The van der Waals surface area contributed by atoms with Crippen molar-refractivity contribution in [1.82, 2.24) is 9.80 Å². The number of ketones is 2. The van der Waals surface area contributed by atoms with E-state index in [9.17, 15) is 33.2 Å². The molecule has 3 heterocycles. The van der Waals surface area contributed by atoms with E-state index in [0.29, 0.717) is 25.9 Å². The van der Waals surface area contributed by atoms with Crippen molar-refractivity contribution in [3.8, 4) is 0 Å². The molecular weight excluding hydrogens is 814 g/mol. The van der Waals surface area contributed by atoms with E-state index in [4.69, 9.17) is 9.47 Å². The summed E-state index contributed by atoms with van der Waals surface area (Å²) >= 11 is 0. The predicted molar refractivity (Wildman–Crippen MR) is 243 cm³/mol. The highest BCUT2D eigenvalue weighted by Crippen LogP contribution is 2.47. The Labute approximate surface area is 378 Å². The van der Waals surface area contributed by atoms with E-state index in [1.54, 1.807) is 21.9 Å². The minimum Gasteiger partial charge on any atom is -0.469 e. The van der Waals surface area contributed by atoms with Crippen molar-refractivity contribution in [3.05, 3.63) is 101 Å². The maximum atomic E-state index is 14.2. The standard InChI is InChI=1S/C52H66FN3O8/c1-7-33(3)41(31-49(59)63-5)51(61)54-27-9-11-45(54)47(57)29-35-13-17-37(18-14-35)43-25-26-44(56(43)40-23-21-39(53)22-24-40)38-19-15-36(16-20-38)30-48(58)46-12-10-28-55(46)52(62)42(34(4)8-2)32-50(60)64-6/h13-24,33-34,41-46H,7-12,25-32H2,1-6H3/t33-,34-,41+,42+,43+,44+,45+,46+/m1/s1. The van der Waals surface area contributed by atoms with E-state index in [2.05, 4.69) is 29.2 Å². The molecule has 2 amide bonds. The Bertz CT molecular complexity index is 1980. The molecule has 0 N–H and O–H groups in total. The topological polar surface area (TPSA) is 131 Å². The molecule has 3 aliphatic heterocycles. The maximum absolute atomic E-state index is 14.2. The highest BCUT2D eigenvalue weighted by molar-refractivity contribution is 5.93. The molecule has 3 fully saturated rings. The van der Waals surface area contributed by atoms with Crippen molar-refractivity contribution in [2.45, 2.75) is 129 Å². The smallest absolute Gasteiger partial charge is 0.306 e. The molecule has 12 heteroatoms. The summed E-state index contributed by atoms with van der Waals surface area (Å²) in [5, 5.41) is 0. The number of hydrogen-bond acceptors (Lipinski definition) is 9. The first-order chi connectivity index (χ1) is 30.8. The summed E-state index contributed by atoms with van der Waals surface area (Å²) in [7, 11) is 2.65. The lowest BCUT2D eigenvalue weighted by Gasteiger charge is -2.33. The minimum absolute atomic E-state index is 0.00223. The van der Waals surface area contributed by atoms with E-state index >= 15 is 0 Å². The van der Waals surface area contributed by atoms with Crippen molar-refractivity contribution in [2.24, 2.45) is 23.7 Å². The van der Waals surface area contributed by atoms with E-state index in [1.165, 1.54) is 26.4 Å². The van der Waals surface area contributed by atoms with E-state index < -0.39 is 35.9 Å². The first-order valence-electron chi connectivity index (χ1n) is 23.3. The quantitative estimate of drug-likeness (QED) is 0.109. The second-order valence-electron chi connectivity index (χ2n) is 18.2. The van der Waals surface area contributed by atoms with Gasteiger partial charge in [0.1, 0.15) is 5.82 Å². The van der Waals surface area contributed by atoms with Crippen LogP contribution in [0.15, 0.2) is 72.8 Å². The lowest BCUT2D eigenvalue weighted by molar-refractivity contribution is -0.149. The number of ether oxygens (including phenoxy) is 2. The average molecular weight is 880 g/mol. The molecule has 11 nitrogen and oxygen atoms in total. The van der Waals surface area contributed by atoms with Gasteiger partial charge in [0.15, 0.2) is 11.6 Å². The SMILES string of the molecule is CC[C@@H](C)[C@H](CC(=O)OC)C(=O)N1CCC[C@H]1C(=O)Cc1ccc([C@@H]2CC[C@@H](c3ccc(CC(=O)[C@@H]4CCCN4C(=O)[C@@H](CC(=O)OC)[C@H](C)CC)cc3)N2c2ccc(F)cc2)cc1. The van der Waals surface area contributed by atoms with Gasteiger partial charge >= 0.3 is 11.9 Å². The zero-order chi connectivity index (χ0) is 46.1. The molecule has 3 aromatic rings. The third kappa shape index (κ3) is 11.1. The third-order valence-electron chi connectivity index (χ3n) is 14.3. The summed E-state index contributed by atoms with van der Waals surface area (Å²) in [5.41, 5.74) is 4.74. The molecular formula is C52H66FN3O8. The Morgan fingerprint density at radius 3 is 1.34 bits per heavy atom. The average Bonchev–Trinajstić information content (AvgIpc) is 4.11. The fourth-order valence-corrected chi connectivity index (χ4v) is 10.1. The van der Waals surface area contributed by atoms with Gasteiger partial charge in [-0.3, -0.25) is 28.8 Å². The van der Waals surface area contributed by atoms with Crippen LogP contribution >= 0.6 is 0 Å². The monoisotopic (exact) mass is 879 g/mol. The van der Waals surface area contributed by atoms with Crippen LogP contribution in [0, 0.1) is 29.5 Å². The number of carbonyl (C=O) groups is 6. The van der Waals surface area contributed by atoms with Crippen LogP contribution in [0.5, 0.6) is 0 Å². The molecule has 0 bridgehead atoms. The zero-order valence-corrected chi connectivity index (χ0v) is 38.4. The van der Waals surface area contributed by atoms with Crippen LogP contribution in [-0.4, -0.2) is 84.5 Å². The lowest BCUT2D eigenvalue weighted by atomic mass is 9.87. The van der Waals surface area contributed by atoms with Crippen molar-refractivity contribution in [1.29, 1.82) is 0 Å². The van der Waals surface area contributed by atoms with Gasteiger partial charge in [-0.2, -0.15) is 0 Å². The molecule has 3 aliphatic rings. The van der Waals surface area contributed by atoms with E-state index in [-0.39, 0.29) is 78.8 Å². The summed E-state index contributed by atoms with van der Waals surface area (Å²) in [6.45, 7) is 8.89. The zero-order valence-electron chi connectivity index (χ0n) is 38.4. The molecule has 0 saturated carbocycles. The number of Topliss-reactive ketones (excluding diaryl/α,β-unsaturated/α-hetero) is 2. The molecule has 344 valence electrons. The number of halogens is 1. The Balaban J connectivity index is 1.14. The van der Waals surface area contributed by atoms with Crippen LogP contribution < -0.4 is 4.90 Å². The van der Waals surface area contributed by atoms with Crippen LogP contribution in [0.2, 0.25) is 0 Å². The number of nitrogens with zero attached hydrogens (tertiary/aromatic N) is 3. The molecule has 64 heavy (non-hydrogen) atoms. The van der Waals surface area contributed by atoms with Crippen molar-refractivity contribution in [3.63, 3.8) is 0 Å². The Morgan fingerprint density at radius 2 is 0.984 bits per heavy atom. The third-order valence-corrected chi connectivity index (χ3v) is 14.3. The van der Waals surface area contributed by atoms with Crippen LogP contribution in [0.25, 0.3) is 0 Å². The van der Waals surface area contributed by atoms with Gasteiger partial charge in [0, 0.05) is 31.6 Å². The first-order valence-corrected chi connectivity index (χ1v) is 23.3. The molecule has 0 aliphatic carbocycles. The number of carbonyl (C=O) groups excluding carboxylic acids is 6. The van der Waals surface area contributed by atoms with E-state index in [0.717, 1.165) is 66.5 Å². The summed E-state index contributed by atoms with van der Waals surface area (Å²) in [6.07, 6.45) is 6.16. The summed E-state index contributed by atoms with van der Waals surface area (Å²) in [5.74, 6) is -2.64. The van der Waals surface area contributed by atoms with Crippen molar-refractivity contribution >= 4 is 41.0 Å². The number of anilines is 1. The van der Waals surface area contributed by atoms with Gasteiger partial charge in [0.2, 0.25) is 11.8 Å².